The van der Waals surface area contributed by atoms with Crippen molar-refractivity contribution in [1.29, 1.82) is 0 Å². The molecule has 1 aliphatic heterocycles. The second kappa shape index (κ2) is 6.03. The normalized spacial score (nSPS) is 22.1. The molecule has 3 heterocycles. The predicted octanol–water partition coefficient (Wildman–Crippen LogP) is 3.43. The molecule has 2 aromatic heterocycles. The van der Waals surface area contributed by atoms with E-state index in [0.29, 0.717) is 29.9 Å². The smallest absolute Gasteiger partial charge is 0.293 e. The highest BCUT2D eigenvalue weighted by atomic mass is 16.5. The van der Waals surface area contributed by atoms with Crippen molar-refractivity contribution in [2.45, 2.75) is 63.8 Å². The SMILES string of the molecule is CC[C@H](C)c1cc(C(=O)N2CCC[C@H]2c2noc(C3CC3)n2)on1. The van der Waals surface area contributed by atoms with Crippen molar-refractivity contribution in [3.8, 4) is 0 Å². The minimum Gasteiger partial charge on any atom is -0.351 e. The van der Waals surface area contributed by atoms with Gasteiger partial charge in [0.15, 0.2) is 5.82 Å². The molecule has 0 aromatic carbocycles. The standard InChI is InChI=1S/C17H22N4O3/c1-3-10(2)12-9-14(23-19-12)17(22)21-8-4-5-13(21)15-18-16(24-20-15)11-6-7-11/h9-11,13H,3-8H2,1-2H3/t10-,13-/m0/s1. The van der Waals surface area contributed by atoms with Gasteiger partial charge in [-0.05, 0) is 32.1 Å². The maximum Gasteiger partial charge on any atom is 0.293 e. The fourth-order valence-electron chi connectivity index (χ4n) is 3.13. The lowest BCUT2D eigenvalue weighted by Gasteiger charge is -2.20. The first kappa shape index (κ1) is 15.4. The summed E-state index contributed by atoms with van der Waals surface area (Å²) in [5.41, 5.74) is 0.826. The third kappa shape index (κ3) is 2.72. The summed E-state index contributed by atoms with van der Waals surface area (Å²) in [6, 6.07) is 1.63. The van der Waals surface area contributed by atoms with Crippen molar-refractivity contribution in [1.82, 2.24) is 20.2 Å². The first-order valence-corrected chi connectivity index (χ1v) is 8.78. The number of carbonyl (C=O) groups excluding carboxylic acids is 1. The number of aromatic nitrogens is 3. The maximum absolute atomic E-state index is 12.8. The highest BCUT2D eigenvalue weighted by Gasteiger charge is 2.37. The largest absolute Gasteiger partial charge is 0.351 e. The van der Waals surface area contributed by atoms with Crippen LogP contribution in [-0.2, 0) is 0 Å². The van der Waals surface area contributed by atoms with Crippen LogP contribution in [0.15, 0.2) is 15.1 Å². The average molecular weight is 330 g/mol. The van der Waals surface area contributed by atoms with Crippen LogP contribution in [0.1, 0.15) is 91.8 Å². The number of nitrogens with zero attached hydrogens (tertiary/aromatic N) is 4. The van der Waals surface area contributed by atoms with Gasteiger partial charge in [0, 0.05) is 24.4 Å². The molecule has 1 saturated heterocycles. The minimum atomic E-state index is -0.141. The van der Waals surface area contributed by atoms with Crippen molar-refractivity contribution in [2.24, 2.45) is 0 Å². The summed E-state index contributed by atoms with van der Waals surface area (Å²) in [7, 11) is 0. The maximum atomic E-state index is 12.8. The van der Waals surface area contributed by atoms with Crippen LogP contribution in [0.2, 0.25) is 0 Å². The third-order valence-electron chi connectivity index (χ3n) is 5.05. The lowest BCUT2D eigenvalue weighted by atomic mass is 10.1. The minimum absolute atomic E-state index is 0.133. The molecular weight excluding hydrogens is 308 g/mol. The van der Waals surface area contributed by atoms with Crippen LogP contribution < -0.4 is 0 Å². The lowest BCUT2D eigenvalue weighted by molar-refractivity contribution is 0.0686. The molecule has 24 heavy (non-hydrogen) atoms. The van der Waals surface area contributed by atoms with E-state index in [1.165, 1.54) is 0 Å². The van der Waals surface area contributed by atoms with Crippen LogP contribution in [0.25, 0.3) is 0 Å². The molecule has 2 atom stereocenters. The van der Waals surface area contributed by atoms with Gasteiger partial charge in [-0.3, -0.25) is 4.79 Å². The van der Waals surface area contributed by atoms with Crippen LogP contribution >= 0.6 is 0 Å². The topological polar surface area (TPSA) is 85.3 Å². The van der Waals surface area contributed by atoms with Gasteiger partial charge in [-0.2, -0.15) is 4.98 Å². The molecule has 0 unspecified atom stereocenters. The molecule has 1 aliphatic carbocycles. The summed E-state index contributed by atoms with van der Waals surface area (Å²) >= 11 is 0. The Morgan fingerprint density at radius 1 is 1.33 bits per heavy atom. The average Bonchev–Trinajstić information content (AvgIpc) is 3.04. The summed E-state index contributed by atoms with van der Waals surface area (Å²) < 4.78 is 10.6. The Kier molecular flexibility index (Phi) is 3.86. The predicted molar refractivity (Wildman–Crippen MR) is 84.5 cm³/mol. The van der Waals surface area contributed by atoms with Crippen LogP contribution in [0.3, 0.4) is 0 Å². The molecule has 128 valence electrons. The van der Waals surface area contributed by atoms with E-state index in [0.717, 1.165) is 37.8 Å². The second-order valence-corrected chi connectivity index (χ2v) is 6.85. The van der Waals surface area contributed by atoms with Gasteiger partial charge < -0.3 is 13.9 Å². The van der Waals surface area contributed by atoms with Crippen molar-refractivity contribution in [3.63, 3.8) is 0 Å². The van der Waals surface area contributed by atoms with Gasteiger partial charge in [-0.25, -0.2) is 0 Å². The molecule has 0 spiro atoms. The number of carbonyl (C=O) groups is 1. The number of hydrogen-bond donors (Lipinski definition) is 0. The zero-order chi connectivity index (χ0) is 16.7. The summed E-state index contributed by atoms with van der Waals surface area (Å²) in [4.78, 5) is 19.1. The molecule has 2 aromatic rings. The zero-order valence-corrected chi connectivity index (χ0v) is 14.1. The molecule has 1 saturated carbocycles. The van der Waals surface area contributed by atoms with Gasteiger partial charge in [-0.15, -0.1) is 0 Å². The lowest BCUT2D eigenvalue weighted by Crippen LogP contribution is -2.30. The number of likely N-dealkylation sites (tertiary alicyclic amines) is 1. The van der Waals surface area contributed by atoms with E-state index in [9.17, 15) is 4.79 Å². The Balaban J connectivity index is 1.52. The molecule has 0 radical (unpaired) electrons. The molecule has 2 aliphatic rings. The van der Waals surface area contributed by atoms with E-state index >= 15 is 0 Å². The number of rotatable bonds is 5. The van der Waals surface area contributed by atoms with Gasteiger partial charge in [-0.1, -0.05) is 24.2 Å². The van der Waals surface area contributed by atoms with Gasteiger partial charge in [0.25, 0.3) is 5.91 Å². The van der Waals surface area contributed by atoms with E-state index in [-0.39, 0.29) is 17.9 Å². The molecule has 1 amide bonds. The first-order valence-electron chi connectivity index (χ1n) is 8.78. The molecule has 7 heteroatoms. The summed E-state index contributed by atoms with van der Waals surface area (Å²) in [6.45, 7) is 4.84. The molecule has 0 N–H and O–H groups in total. The van der Waals surface area contributed by atoms with Crippen LogP contribution in [0, 0.1) is 0 Å². The zero-order valence-electron chi connectivity index (χ0n) is 14.1. The van der Waals surface area contributed by atoms with Gasteiger partial charge in [0.2, 0.25) is 11.7 Å². The van der Waals surface area contributed by atoms with Gasteiger partial charge in [0.05, 0.1) is 11.7 Å². The van der Waals surface area contributed by atoms with E-state index in [1.54, 1.807) is 11.0 Å². The highest BCUT2D eigenvalue weighted by Crippen LogP contribution is 2.40. The Morgan fingerprint density at radius 2 is 2.17 bits per heavy atom. The number of amides is 1. The third-order valence-corrected chi connectivity index (χ3v) is 5.05. The molecule has 7 nitrogen and oxygen atoms in total. The van der Waals surface area contributed by atoms with E-state index < -0.39 is 0 Å². The monoisotopic (exact) mass is 330 g/mol. The molecule has 4 rings (SSSR count). The molecule has 2 fully saturated rings. The second-order valence-electron chi connectivity index (χ2n) is 6.85. The van der Waals surface area contributed by atoms with E-state index in [1.807, 2.05) is 0 Å². The fourth-order valence-corrected chi connectivity index (χ4v) is 3.13. The Labute approximate surface area is 140 Å². The quantitative estimate of drug-likeness (QED) is 0.835. The molecule has 0 bridgehead atoms. The van der Waals surface area contributed by atoms with Crippen molar-refractivity contribution < 1.29 is 13.8 Å². The van der Waals surface area contributed by atoms with E-state index in [4.69, 9.17) is 9.05 Å². The Hall–Kier alpha value is -2.18. The van der Waals surface area contributed by atoms with Crippen molar-refractivity contribution >= 4 is 5.91 Å². The van der Waals surface area contributed by atoms with Crippen LogP contribution in [-0.4, -0.2) is 32.6 Å². The summed E-state index contributed by atoms with van der Waals surface area (Å²) in [5.74, 6) is 2.18. The summed E-state index contributed by atoms with van der Waals surface area (Å²) in [5, 5.41) is 8.15. The number of hydrogen-bond acceptors (Lipinski definition) is 6. The van der Waals surface area contributed by atoms with E-state index in [2.05, 4.69) is 29.1 Å². The van der Waals surface area contributed by atoms with Crippen molar-refractivity contribution in [2.75, 3.05) is 6.54 Å². The Bertz CT molecular complexity index is 734. The van der Waals surface area contributed by atoms with Gasteiger partial charge >= 0.3 is 0 Å². The summed E-state index contributed by atoms with van der Waals surface area (Å²) in [6.07, 6.45) is 4.97. The van der Waals surface area contributed by atoms with Gasteiger partial charge in [0.1, 0.15) is 0 Å². The Morgan fingerprint density at radius 3 is 2.92 bits per heavy atom. The fraction of sp³-hybridized carbons (Fsp3) is 0.647. The highest BCUT2D eigenvalue weighted by molar-refractivity contribution is 5.92. The van der Waals surface area contributed by atoms with Crippen LogP contribution in [0.4, 0.5) is 0 Å². The first-order chi connectivity index (χ1) is 11.7. The molecular formula is C17H22N4O3. The van der Waals surface area contributed by atoms with Crippen LogP contribution in [0.5, 0.6) is 0 Å². The van der Waals surface area contributed by atoms with Crippen molar-refractivity contribution in [3.05, 3.63) is 29.2 Å².